The molecule has 0 saturated carbocycles. The van der Waals surface area contributed by atoms with Gasteiger partial charge in [0.15, 0.2) is 0 Å². The number of amides is 2. The quantitative estimate of drug-likeness (QED) is 0.323. The van der Waals surface area contributed by atoms with Crippen LogP contribution >= 0.6 is 11.8 Å². The zero-order valence-corrected chi connectivity index (χ0v) is 17.2. The summed E-state index contributed by atoms with van der Waals surface area (Å²) in [6, 6.07) is 0.104. The second kappa shape index (κ2) is 11.1. The molecule has 3 aliphatic heterocycles. The minimum absolute atomic E-state index is 0.00169. The highest BCUT2D eigenvalue weighted by Crippen LogP contribution is 2.28. The van der Waals surface area contributed by atoms with Gasteiger partial charge in [-0.1, -0.05) is 0 Å². The van der Waals surface area contributed by atoms with Crippen LogP contribution in [0.15, 0.2) is 0 Å². The first-order valence-corrected chi connectivity index (χ1v) is 11.6. The summed E-state index contributed by atoms with van der Waals surface area (Å²) >= 11 is 1.76. The van der Waals surface area contributed by atoms with E-state index in [9.17, 15) is 14.4 Å². The Labute approximate surface area is 171 Å². The van der Waals surface area contributed by atoms with E-state index >= 15 is 0 Å². The number of nitrogens with one attached hydrogen (secondary N) is 5. The lowest BCUT2D eigenvalue weighted by atomic mass is 9.87. The van der Waals surface area contributed by atoms with Crippen molar-refractivity contribution in [1.29, 1.82) is 0 Å². The molecule has 2 amide bonds. The molecule has 4 atom stereocenters. The molecule has 3 rings (SSSR count). The maximum atomic E-state index is 12.0. The van der Waals surface area contributed by atoms with Gasteiger partial charge in [0.1, 0.15) is 5.78 Å². The van der Waals surface area contributed by atoms with Crippen LogP contribution in [0, 0.1) is 5.92 Å². The molecule has 0 aliphatic carbocycles. The van der Waals surface area contributed by atoms with Crippen LogP contribution in [0.1, 0.15) is 51.4 Å². The van der Waals surface area contributed by atoms with Gasteiger partial charge in [0, 0.05) is 25.4 Å². The Kier molecular flexibility index (Phi) is 8.57. The Morgan fingerprint density at radius 2 is 2.00 bits per heavy atom. The molecule has 5 N–H and O–H groups in total. The van der Waals surface area contributed by atoms with E-state index in [4.69, 9.17) is 0 Å². The highest BCUT2D eigenvalue weighted by molar-refractivity contribution is 8.00. The van der Waals surface area contributed by atoms with Crippen LogP contribution in [0.2, 0.25) is 0 Å². The van der Waals surface area contributed by atoms with Crippen LogP contribution < -0.4 is 26.8 Å². The van der Waals surface area contributed by atoms with Gasteiger partial charge in [0.25, 0.3) is 0 Å². The molecule has 9 heteroatoms. The second-order valence-electron chi connectivity index (χ2n) is 7.82. The van der Waals surface area contributed by atoms with E-state index in [1.54, 1.807) is 11.8 Å². The highest BCUT2D eigenvalue weighted by Gasteiger charge is 2.39. The summed E-state index contributed by atoms with van der Waals surface area (Å²) in [6.07, 6.45) is 6.46. The van der Waals surface area contributed by atoms with E-state index in [2.05, 4.69) is 26.8 Å². The molecule has 3 aliphatic rings. The summed E-state index contributed by atoms with van der Waals surface area (Å²) in [4.78, 5) is 35.8. The minimum Gasteiger partial charge on any atom is -0.356 e. The zero-order chi connectivity index (χ0) is 19.8. The van der Waals surface area contributed by atoms with E-state index < -0.39 is 0 Å². The lowest BCUT2D eigenvalue weighted by Crippen LogP contribution is -2.71. The average Bonchev–Trinajstić information content (AvgIpc) is 3.24. The van der Waals surface area contributed by atoms with Crippen LogP contribution in [0.5, 0.6) is 0 Å². The van der Waals surface area contributed by atoms with Crippen molar-refractivity contribution >= 4 is 29.4 Å². The summed E-state index contributed by atoms with van der Waals surface area (Å²) < 4.78 is 0. The number of hydrogen-bond acceptors (Lipinski definition) is 7. The molecule has 0 aromatic carbocycles. The van der Waals surface area contributed by atoms with E-state index in [0.717, 1.165) is 50.9 Å². The summed E-state index contributed by atoms with van der Waals surface area (Å²) in [6.45, 7) is 2.29. The van der Waals surface area contributed by atoms with Gasteiger partial charge >= 0.3 is 0 Å². The molecule has 8 nitrogen and oxygen atoms in total. The summed E-state index contributed by atoms with van der Waals surface area (Å²) in [5, 5.41) is 9.94. The second-order valence-corrected chi connectivity index (χ2v) is 9.13. The average molecular weight is 412 g/mol. The van der Waals surface area contributed by atoms with Crippen LogP contribution in [-0.2, 0) is 14.4 Å². The van der Waals surface area contributed by atoms with Gasteiger partial charge in [-0.05, 0) is 57.4 Å². The van der Waals surface area contributed by atoms with Crippen LogP contribution in [0.25, 0.3) is 0 Å². The van der Waals surface area contributed by atoms with Gasteiger partial charge < -0.3 is 10.6 Å². The van der Waals surface area contributed by atoms with E-state index in [1.165, 1.54) is 0 Å². The summed E-state index contributed by atoms with van der Waals surface area (Å²) in [5.41, 5.74) is 5.79. The molecule has 0 aromatic rings. The molecule has 3 fully saturated rings. The molecule has 3 heterocycles. The van der Waals surface area contributed by atoms with Crippen molar-refractivity contribution in [3.05, 3.63) is 0 Å². The third-order valence-electron chi connectivity index (χ3n) is 5.71. The summed E-state index contributed by atoms with van der Waals surface area (Å²) in [5.74, 6) is 1.49. The van der Waals surface area contributed by atoms with Crippen molar-refractivity contribution in [2.24, 2.45) is 5.92 Å². The third-order valence-corrected chi connectivity index (χ3v) is 7.13. The topological polar surface area (TPSA) is 111 Å². The van der Waals surface area contributed by atoms with Gasteiger partial charge in [0.2, 0.25) is 11.8 Å². The minimum atomic E-state index is -0.00169. The predicted octanol–water partition coefficient (Wildman–Crippen LogP) is 0.0460. The van der Waals surface area contributed by atoms with E-state index in [0.29, 0.717) is 31.6 Å². The fourth-order valence-corrected chi connectivity index (χ4v) is 5.40. The number of thioether (sulfide) groups is 1. The molecule has 0 radical (unpaired) electrons. The highest BCUT2D eigenvalue weighted by atomic mass is 32.2. The molecule has 3 saturated heterocycles. The lowest BCUT2D eigenvalue weighted by Gasteiger charge is -2.42. The number of hydrazine groups is 1. The number of carbonyl (C=O) groups is 3. The predicted molar refractivity (Wildman–Crippen MR) is 110 cm³/mol. The first-order valence-electron chi connectivity index (χ1n) is 10.6. The number of rotatable bonds is 10. The molecule has 158 valence electrons. The van der Waals surface area contributed by atoms with Crippen LogP contribution in [0.3, 0.4) is 0 Å². The maximum absolute atomic E-state index is 12.0. The van der Waals surface area contributed by atoms with Crippen molar-refractivity contribution in [3.63, 3.8) is 0 Å². The van der Waals surface area contributed by atoms with Crippen molar-refractivity contribution in [2.75, 3.05) is 25.4 Å². The number of ketones is 1. The molecular weight excluding hydrogens is 378 g/mol. The SMILES string of the molecule is O=C(CCCC(=O)C1CCCS1)NCCCNC1NNC(=O)C2CCCNC12. The van der Waals surface area contributed by atoms with Gasteiger partial charge in [-0.15, -0.1) is 0 Å². The van der Waals surface area contributed by atoms with Gasteiger partial charge in [-0.25, -0.2) is 5.43 Å². The van der Waals surface area contributed by atoms with E-state index in [1.807, 2.05) is 0 Å². The number of Topliss-reactive ketones (excluding diaryl/α,β-unsaturated/α-hetero) is 1. The standard InChI is InChI=1S/C19H33N5O3S/c25-14(15-7-3-12-28-15)6-1-8-16(26)20-10-4-11-22-18-17-13(5-2-9-21-17)19(27)24-23-18/h13,15,17-18,21-23H,1-12H2,(H,20,26)(H,24,27). The Balaban J connectivity index is 1.23. The number of carbonyl (C=O) groups excluding carboxylic acids is 3. The number of hydrogen-bond donors (Lipinski definition) is 5. The first-order chi connectivity index (χ1) is 13.6. The van der Waals surface area contributed by atoms with Crippen molar-refractivity contribution in [2.45, 2.75) is 68.8 Å². The number of piperidine rings is 1. The Hall–Kier alpha value is -1.16. The molecular formula is C19H33N5O3S. The monoisotopic (exact) mass is 411 g/mol. The molecule has 4 unspecified atom stereocenters. The van der Waals surface area contributed by atoms with Crippen molar-refractivity contribution in [3.8, 4) is 0 Å². The van der Waals surface area contributed by atoms with Gasteiger partial charge in [-0.2, -0.15) is 11.8 Å². The smallest absolute Gasteiger partial charge is 0.238 e. The molecule has 0 spiro atoms. The fraction of sp³-hybridized carbons (Fsp3) is 0.842. The Bertz CT molecular complexity index is 556. The van der Waals surface area contributed by atoms with Crippen LogP contribution in [0.4, 0.5) is 0 Å². The molecule has 0 aromatic heterocycles. The van der Waals surface area contributed by atoms with Gasteiger partial charge in [-0.3, -0.25) is 25.1 Å². The summed E-state index contributed by atoms with van der Waals surface area (Å²) in [7, 11) is 0. The number of fused-ring (bicyclic) bond motifs is 1. The fourth-order valence-electron chi connectivity index (χ4n) is 4.14. The van der Waals surface area contributed by atoms with E-state index in [-0.39, 0.29) is 35.2 Å². The Morgan fingerprint density at radius 1 is 1.11 bits per heavy atom. The normalized spacial score (nSPS) is 29.8. The molecule has 0 bridgehead atoms. The lowest BCUT2D eigenvalue weighted by molar-refractivity contribution is -0.132. The van der Waals surface area contributed by atoms with Crippen molar-refractivity contribution < 1.29 is 14.4 Å². The zero-order valence-electron chi connectivity index (χ0n) is 16.4. The van der Waals surface area contributed by atoms with Gasteiger partial charge in [0.05, 0.1) is 17.3 Å². The van der Waals surface area contributed by atoms with Crippen LogP contribution in [-0.4, -0.2) is 60.4 Å². The third kappa shape index (κ3) is 6.17. The largest absolute Gasteiger partial charge is 0.356 e. The Morgan fingerprint density at radius 3 is 2.82 bits per heavy atom. The molecule has 28 heavy (non-hydrogen) atoms. The maximum Gasteiger partial charge on any atom is 0.238 e. The van der Waals surface area contributed by atoms with Crippen molar-refractivity contribution in [1.82, 2.24) is 26.8 Å². The first kappa shape index (κ1) is 21.5.